The van der Waals surface area contributed by atoms with Crippen LogP contribution in [0.4, 0.5) is 0 Å². The Labute approximate surface area is 69.6 Å². The van der Waals surface area contributed by atoms with Crippen molar-refractivity contribution in [2.45, 2.75) is 0 Å². The van der Waals surface area contributed by atoms with Gasteiger partial charge in [0, 0.05) is 11.1 Å². The van der Waals surface area contributed by atoms with E-state index in [9.17, 15) is 4.79 Å². The summed E-state index contributed by atoms with van der Waals surface area (Å²) in [7, 11) is 0. The van der Waals surface area contributed by atoms with Crippen LogP contribution in [0.1, 0.15) is 5.56 Å². The van der Waals surface area contributed by atoms with E-state index in [4.69, 9.17) is 4.84 Å². The van der Waals surface area contributed by atoms with Crippen LogP contribution in [0.3, 0.4) is 0 Å². The molecule has 60 valence electrons. The Kier molecular flexibility index (Phi) is 1.37. The summed E-state index contributed by atoms with van der Waals surface area (Å²) in [6, 6.07) is 7.26. The molecule has 0 bridgehead atoms. The molecule has 3 nitrogen and oxygen atoms in total. The highest BCUT2D eigenvalue weighted by Crippen LogP contribution is 2.27. The molecule has 1 N–H and O–H groups in total. The summed E-state index contributed by atoms with van der Waals surface area (Å²) in [5.41, 5.74) is 3.44. The maximum atomic E-state index is 11.0. The van der Waals surface area contributed by atoms with E-state index in [1.54, 1.807) is 12.1 Å². The van der Waals surface area contributed by atoms with Crippen LogP contribution in [0, 0.1) is 0 Å². The summed E-state index contributed by atoms with van der Waals surface area (Å²) in [6.07, 6.45) is 0. The highest BCUT2D eigenvalue weighted by Gasteiger charge is 2.19. The highest BCUT2D eigenvalue weighted by atomic mass is 16.7. The van der Waals surface area contributed by atoms with Gasteiger partial charge in [-0.05, 0) is 6.07 Å². The average molecular weight is 161 g/mol. The van der Waals surface area contributed by atoms with Crippen LogP contribution in [0.5, 0.6) is 5.75 Å². The van der Waals surface area contributed by atoms with Gasteiger partial charge in [0.1, 0.15) is 0 Å². The van der Waals surface area contributed by atoms with Crippen LogP contribution < -0.4 is 10.3 Å². The van der Waals surface area contributed by atoms with Crippen LogP contribution in [-0.2, 0) is 4.79 Å². The molecule has 2 rings (SSSR count). The fourth-order valence-corrected chi connectivity index (χ4v) is 1.09. The molecule has 1 aliphatic rings. The van der Waals surface area contributed by atoms with Crippen LogP contribution >= 0.6 is 0 Å². The van der Waals surface area contributed by atoms with Crippen molar-refractivity contribution >= 4 is 11.5 Å². The highest BCUT2D eigenvalue weighted by molar-refractivity contribution is 6.20. The fraction of sp³-hybridized carbons (Fsp3) is 0. The summed E-state index contributed by atoms with van der Waals surface area (Å²) >= 11 is 0. The molecule has 0 atom stereocenters. The summed E-state index contributed by atoms with van der Waals surface area (Å²) < 4.78 is 0. The van der Waals surface area contributed by atoms with Crippen molar-refractivity contribution in [2.24, 2.45) is 0 Å². The van der Waals surface area contributed by atoms with Crippen LogP contribution in [0.25, 0.3) is 5.57 Å². The first kappa shape index (κ1) is 6.91. The lowest BCUT2D eigenvalue weighted by atomic mass is 10.1. The molecule has 1 aromatic carbocycles. The molecule has 0 spiro atoms. The third-order valence-corrected chi connectivity index (χ3v) is 1.74. The first-order chi connectivity index (χ1) is 5.79. The molecule has 0 saturated carbocycles. The van der Waals surface area contributed by atoms with E-state index >= 15 is 0 Å². The summed E-state index contributed by atoms with van der Waals surface area (Å²) in [5.74, 6) is 0.357. The third kappa shape index (κ3) is 0.871. The number of fused-ring (bicyclic) bond motifs is 1. The van der Waals surface area contributed by atoms with E-state index in [0.29, 0.717) is 11.3 Å². The number of amides is 1. The number of hydrogen-bond donors (Lipinski definition) is 1. The van der Waals surface area contributed by atoms with Crippen LogP contribution in [-0.4, -0.2) is 5.91 Å². The minimum atomic E-state index is -0.284. The van der Waals surface area contributed by atoms with E-state index in [2.05, 4.69) is 12.1 Å². The van der Waals surface area contributed by atoms with Gasteiger partial charge in [0.05, 0.1) is 0 Å². The Hall–Kier alpha value is -1.77. The van der Waals surface area contributed by atoms with Gasteiger partial charge in [0.25, 0.3) is 5.91 Å². The average Bonchev–Trinajstić information content (AvgIpc) is 2.12. The minimum Gasteiger partial charge on any atom is -0.379 e. The second kappa shape index (κ2) is 2.37. The zero-order valence-electron chi connectivity index (χ0n) is 6.33. The third-order valence-electron chi connectivity index (χ3n) is 1.74. The van der Waals surface area contributed by atoms with Gasteiger partial charge in [-0.25, -0.2) is 0 Å². The van der Waals surface area contributed by atoms with Crippen LogP contribution in [0.2, 0.25) is 0 Å². The zero-order valence-corrected chi connectivity index (χ0v) is 6.33. The molecule has 1 amide bonds. The molecule has 0 saturated heterocycles. The van der Waals surface area contributed by atoms with Crippen molar-refractivity contribution in [2.75, 3.05) is 0 Å². The Morgan fingerprint density at radius 1 is 1.33 bits per heavy atom. The Morgan fingerprint density at radius 2 is 2.08 bits per heavy atom. The van der Waals surface area contributed by atoms with Gasteiger partial charge in [-0.1, -0.05) is 24.8 Å². The van der Waals surface area contributed by atoms with Gasteiger partial charge < -0.3 is 4.84 Å². The van der Waals surface area contributed by atoms with Gasteiger partial charge in [-0.15, -0.1) is 0 Å². The standard InChI is InChI=1S/C9H7NO2/c1-6-7-4-2-3-5-8(7)12-10-9(6)11/h2-5H,1H2,(H,10,11). The number of rotatable bonds is 0. The maximum absolute atomic E-state index is 11.0. The SMILES string of the molecule is C=C1C(=O)NOc2ccccc21. The number of benzene rings is 1. The van der Waals surface area contributed by atoms with E-state index in [-0.39, 0.29) is 5.91 Å². The van der Waals surface area contributed by atoms with Crippen LogP contribution in [0.15, 0.2) is 30.8 Å². The van der Waals surface area contributed by atoms with E-state index in [0.717, 1.165) is 5.56 Å². The number of hydroxylamine groups is 1. The number of carbonyl (C=O) groups excluding carboxylic acids is 1. The molecule has 0 aliphatic carbocycles. The lowest BCUT2D eigenvalue weighted by molar-refractivity contribution is -0.122. The topological polar surface area (TPSA) is 38.3 Å². The molecule has 1 heterocycles. The van der Waals surface area contributed by atoms with Crippen molar-refractivity contribution in [3.63, 3.8) is 0 Å². The Morgan fingerprint density at radius 3 is 2.92 bits per heavy atom. The monoisotopic (exact) mass is 161 g/mol. The van der Waals surface area contributed by atoms with Gasteiger partial charge in [-0.3, -0.25) is 4.79 Å². The normalized spacial score (nSPS) is 14.7. The van der Waals surface area contributed by atoms with E-state index < -0.39 is 0 Å². The predicted octanol–water partition coefficient (Wildman–Crippen LogP) is 1.12. The number of para-hydroxylation sites is 1. The van der Waals surface area contributed by atoms with Gasteiger partial charge in [-0.2, -0.15) is 5.48 Å². The molecule has 1 aliphatic heterocycles. The minimum absolute atomic E-state index is 0.284. The first-order valence-corrected chi connectivity index (χ1v) is 3.54. The molecule has 1 aromatic rings. The fourth-order valence-electron chi connectivity index (χ4n) is 1.09. The second-order valence-electron chi connectivity index (χ2n) is 2.51. The summed E-state index contributed by atoms with van der Waals surface area (Å²) in [4.78, 5) is 16.0. The smallest absolute Gasteiger partial charge is 0.284 e. The van der Waals surface area contributed by atoms with Gasteiger partial charge >= 0.3 is 0 Å². The predicted molar refractivity (Wildman–Crippen MR) is 44.2 cm³/mol. The quantitative estimate of drug-likeness (QED) is 0.579. The molecular weight excluding hydrogens is 154 g/mol. The van der Waals surface area contributed by atoms with Crippen molar-refractivity contribution in [1.82, 2.24) is 5.48 Å². The first-order valence-electron chi connectivity index (χ1n) is 3.54. The largest absolute Gasteiger partial charge is 0.379 e. The molecule has 0 radical (unpaired) electrons. The molecule has 0 aromatic heterocycles. The molecular formula is C9H7NO2. The molecule has 12 heavy (non-hydrogen) atoms. The summed E-state index contributed by atoms with van der Waals surface area (Å²) in [5, 5.41) is 0. The molecule has 3 heteroatoms. The van der Waals surface area contributed by atoms with Gasteiger partial charge in [0.15, 0.2) is 5.75 Å². The number of hydrogen-bond acceptors (Lipinski definition) is 2. The second-order valence-corrected chi connectivity index (χ2v) is 2.51. The van der Waals surface area contributed by atoms with E-state index in [1.165, 1.54) is 0 Å². The Bertz CT molecular complexity index is 357. The maximum Gasteiger partial charge on any atom is 0.284 e. The molecule has 0 unspecified atom stereocenters. The molecule has 0 fully saturated rings. The van der Waals surface area contributed by atoms with E-state index in [1.807, 2.05) is 12.1 Å². The van der Waals surface area contributed by atoms with Crippen molar-refractivity contribution in [3.8, 4) is 5.75 Å². The van der Waals surface area contributed by atoms with Gasteiger partial charge in [0.2, 0.25) is 0 Å². The zero-order chi connectivity index (χ0) is 8.55. The Balaban J connectivity index is 2.56. The lowest BCUT2D eigenvalue weighted by Gasteiger charge is -2.17. The van der Waals surface area contributed by atoms with Crippen molar-refractivity contribution in [3.05, 3.63) is 36.4 Å². The van der Waals surface area contributed by atoms with Crippen molar-refractivity contribution < 1.29 is 9.63 Å². The number of nitrogens with one attached hydrogen (secondary N) is 1. The van der Waals surface area contributed by atoms with Crippen molar-refractivity contribution in [1.29, 1.82) is 0 Å². The lowest BCUT2D eigenvalue weighted by Crippen LogP contribution is -2.31. The summed E-state index contributed by atoms with van der Waals surface area (Å²) in [6.45, 7) is 3.64. The number of carbonyl (C=O) groups is 1.